The highest BCUT2D eigenvalue weighted by Crippen LogP contribution is 2.30. The van der Waals surface area contributed by atoms with E-state index in [1.165, 1.54) is 12.8 Å². The molecule has 0 radical (unpaired) electrons. The Morgan fingerprint density at radius 2 is 2.44 bits per heavy atom. The quantitative estimate of drug-likeness (QED) is 0.750. The minimum atomic E-state index is 0.594. The fourth-order valence-corrected chi connectivity index (χ4v) is 1.70. The van der Waals surface area contributed by atoms with E-state index in [9.17, 15) is 0 Å². The summed E-state index contributed by atoms with van der Waals surface area (Å²) in [5, 5.41) is 3.06. The molecular weight excluding hydrogens is 206 g/mol. The van der Waals surface area contributed by atoms with Gasteiger partial charge in [-0.1, -0.05) is 0 Å². The SMILES string of the molecule is CNCc1coc(N(CCOC)C2CC2)n1. The Morgan fingerprint density at radius 1 is 1.62 bits per heavy atom. The van der Waals surface area contributed by atoms with E-state index in [0.29, 0.717) is 12.6 Å². The van der Waals surface area contributed by atoms with Gasteiger partial charge in [-0.2, -0.15) is 4.98 Å². The van der Waals surface area contributed by atoms with E-state index in [0.717, 1.165) is 24.8 Å². The number of rotatable bonds is 7. The van der Waals surface area contributed by atoms with Crippen LogP contribution in [0.3, 0.4) is 0 Å². The lowest BCUT2D eigenvalue weighted by Gasteiger charge is -2.19. The van der Waals surface area contributed by atoms with Gasteiger partial charge >= 0.3 is 0 Å². The topological polar surface area (TPSA) is 50.5 Å². The summed E-state index contributed by atoms with van der Waals surface area (Å²) in [5.74, 6) is 0. The number of methoxy groups -OCH3 is 1. The number of nitrogens with one attached hydrogen (secondary N) is 1. The molecule has 0 unspecified atom stereocenters. The average Bonchev–Trinajstić information content (AvgIpc) is 3.01. The molecule has 0 atom stereocenters. The van der Waals surface area contributed by atoms with Crippen molar-refractivity contribution in [1.29, 1.82) is 0 Å². The lowest BCUT2D eigenvalue weighted by atomic mass is 10.5. The summed E-state index contributed by atoms with van der Waals surface area (Å²) in [7, 11) is 3.62. The van der Waals surface area contributed by atoms with Crippen molar-refractivity contribution < 1.29 is 9.15 Å². The fraction of sp³-hybridized carbons (Fsp3) is 0.727. The van der Waals surface area contributed by atoms with Crippen LogP contribution in [0.25, 0.3) is 0 Å². The minimum Gasteiger partial charge on any atom is -0.432 e. The lowest BCUT2D eigenvalue weighted by Crippen LogP contribution is -2.29. The van der Waals surface area contributed by atoms with Gasteiger partial charge in [0.25, 0.3) is 6.01 Å². The smallest absolute Gasteiger partial charge is 0.297 e. The van der Waals surface area contributed by atoms with Crippen LogP contribution in [0, 0.1) is 0 Å². The molecule has 2 rings (SSSR count). The Morgan fingerprint density at radius 3 is 3.06 bits per heavy atom. The van der Waals surface area contributed by atoms with Crippen LogP contribution >= 0.6 is 0 Å². The van der Waals surface area contributed by atoms with Crippen molar-refractivity contribution in [2.24, 2.45) is 0 Å². The van der Waals surface area contributed by atoms with E-state index in [-0.39, 0.29) is 0 Å². The molecule has 1 aromatic rings. The van der Waals surface area contributed by atoms with Crippen molar-refractivity contribution >= 4 is 6.01 Å². The number of aromatic nitrogens is 1. The molecule has 1 saturated carbocycles. The summed E-state index contributed by atoms with van der Waals surface area (Å²) < 4.78 is 10.6. The highest BCUT2D eigenvalue weighted by atomic mass is 16.5. The molecule has 0 aliphatic heterocycles. The van der Waals surface area contributed by atoms with Gasteiger partial charge in [0.15, 0.2) is 0 Å². The van der Waals surface area contributed by atoms with E-state index in [4.69, 9.17) is 9.15 Å². The molecule has 0 aromatic carbocycles. The third kappa shape index (κ3) is 2.74. The molecule has 0 spiro atoms. The summed E-state index contributed by atoms with van der Waals surface area (Å²) >= 11 is 0. The second-order valence-corrected chi connectivity index (χ2v) is 4.07. The van der Waals surface area contributed by atoms with Gasteiger partial charge in [-0.3, -0.25) is 0 Å². The monoisotopic (exact) mass is 225 g/mol. The zero-order valence-corrected chi connectivity index (χ0v) is 9.90. The van der Waals surface area contributed by atoms with Crippen LogP contribution in [-0.2, 0) is 11.3 Å². The molecule has 1 aromatic heterocycles. The molecule has 1 fully saturated rings. The maximum absolute atomic E-state index is 5.50. The van der Waals surface area contributed by atoms with E-state index < -0.39 is 0 Å². The van der Waals surface area contributed by atoms with Crippen LogP contribution in [0.1, 0.15) is 18.5 Å². The van der Waals surface area contributed by atoms with E-state index in [1.54, 1.807) is 13.4 Å². The Labute approximate surface area is 95.8 Å². The number of hydrogen-bond donors (Lipinski definition) is 1. The van der Waals surface area contributed by atoms with Crippen molar-refractivity contribution in [3.05, 3.63) is 12.0 Å². The first-order valence-corrected chi connectivity index (χ1v) is 5.69. The predicted molar refractivity (Wildman–Crippen MR) is 61.5 cm³/mol. The summed E-state index contributed by atoms with van der Waals surface area (Å²) in [6.07, 6.45) is 4.18. The van der Waals surface area contributed by atoms with E-state index in [2.05, 4.69) is 15.2 Å². The van der Waals surface area contributed by atoms with Crippen LogP contribution in [0.4, 0.5) is 6.01 Å². The van der Waals surface area contributed by atoms with Crippen molar-refractivity contribution in [2.75, 3.05) is 32.2 Å². The number of anilines is 1. The lowest BCUT2D eigenvalue weighted by molar-refractivity contribution is 0.203. The van der Waals surface area contributed by atoms with Gasteiger partial charge in [-0.15, -0.1) is 0 Å². The fourth-order valence-electron chi connectivity index (χ4n) is 1.70. The van der Waals surface area contributed by atoms with Gasteiger partial charge in [-0.05, 0) is 19.9 Å². The maximum atomic E-state index is 5.50. The van der Waals surface area contributed by atoms with Crippen LogP contribution in [0.5, 0.6) is 0 Å². The molecule has 1 aliphatic carbocycles. The van der Waals surface area contributed by atoms with Gasteiger partial charge < -0.3 is 19.4 Å². The van der Waals surface area contributed by atoms with Crippen molar-refractivity contribution in [3.8, 4) is 0 Å². The maximum Gasteiger partial charge on any atom is 0.297 e. The molecule has 1 aliphatic rings. The van der Waals surface area contributed by atoms with Crippen LogP contribution < -0.4 is 10.2 Å². The standard InChI is InChI=1S/C11H19N3O2/c1-12-7-9-8-16-11(13-9)14(5-6-15-2)10-3-4-10/h8,10,12H,3-7H2,1-2H3. The summed E-state index contributed by atoms with van der Waals surface area (Å²) in [4.78, 5) is 6.65. The molecule has 5 nitrogen and oxygen atoms in total. The number of nitrogens with zero attached hydrogens (tertiary/aromatic N) is 2. The van der Waals surface area contributed by atoms with Crippen LogP contribution in [0.2, 0.25) is 0 Å². The number of ether oxygens (including phenoxy) is 1. The molecule has 90 valence electrons. The van der Waals surface area contributed by atoms with Crippen molar-refractivity contribution in [2.45, 2.75) is 25.4 Å². The predicted octanol–water partition coefficient (Wildman–Crippen LogP) is 1.01. The Kier molecular flexibility index (Phi) is 3.79. The molecule has 1 N–H and O–H groups in total. The largest absolute Gasteiger partial charge is 0.432 e. The molecule has 1 heterocycles. The summed E-state index contributed by atoms with van der Waals surface area (Å²) in [6, 6.07) is 1.32. The first-order chi connectivity index (χ1) is 7.85. The molecule has 0 saturated heterocycles. The first kappa shape index (κ1) is 11.4. The Balaban J connectivity index is 1.99. The highest BCUT2D eigenvalue weighted by Gasteiger charge is 2.31. The van der Waals surface area contributed by atoms with E-state index in [1.807, 2.05) is 7.05 Å². The number of oxazole rings is 1. The average molecular weight is 225 g/mol. The third-order valence-corrected chi connectivity index (χ3v) is 2.67. The molecule has 5 heteroatoms. The summed E-state index contributed by atoms with van der Waals surface area (Å²) in [5.41, 5.74) is 0.945. The minimum absolute atomic E-state index is 0.594. The van der Waals surface area contributed by atoms with Gasteiger partial charge in [0.1, 0.15) is 6.26 Å². The Hall–Kier alpha value is -1.07. The molecular formula is C11H19N3O2. The molecule has 0 bridgehead atoms. The van der Waals surface area contributed by atoms with Gasteiger partial charge in [0.05, 0.1) is 12.3 Å². The van der Waals surface area contributed by atoms with Crippen LogP contribution in [-0.4, -0.2) is 38.3 Å². The van der Waals surface area contributed by atoms with E-state index >= 15 is 0 Å². The second-order valence-electron chi connectivity index (χ2n) is 4.07. The summed E-state index contributed by atoms with van der Waals surface area (Å²) in [6.45, 7) is 2.30. The van der Waals surface area contributed by atoms with Gasteiger partial charge in [0, 0.05) is 26.2 Å². The van der Waals surface area contributed by atoms with Gasteiger partial charge in [0.2, 0.25) is 0 Å². The second kappa shape index (κ2) is 5.32. The van der Waals surface area contributed by atoms with Gasteiger partial charge in [-0.25, -0.2) is 0 Å². The Bertz CT molecular complexity index is 323. The first-order valence-electron chi connectivity index (χ1n) is 5.69. The number of hydrogen-bond acceptors (Lipinski definition) is 5. The van der Waals surface area contributed by atoms with Crippen LogP contribution in [0.15, 0.2) is 10.7 Å². The highest BCUT2D eigenvalue weighted by molar-refractivity contribution is 5.31. The zero-order valence-electron chi connectivity index (χ0n) is 9.90. The molecule has 16 heavy (non-hydrogen) atoms. The van der Waals surface area contributed by atoms with Crippen molar-refractivity contribution in [3.63, 3.8) is 0 Å². The normalized spacial score (nSPS) is 15.4. The third-order valence-electron chi connectivity index (χ3n) is 2.67. The molecule has 0 amide bonds. The zero-order chi connectivity index (χ0) is 11.4. The van der Waals surface area contributed by atoms with Crippen molar-refractivity contribution in [1.82, 2.24) is 10.3 Å².